The van der Waals surface area contributed by atoms with Crippen LogP contribution in [-0.4, -0.2) is 30.7 Å². The number of rotatable bonds is 4. The standard InChI is InChI=1S/C11H15N5O2/c1-12-10-8-6-7(16(17)18)4-5-9(8)15(14-3)11(10)13-2/h4-6,12-14H,1-3H3. The molecule has 0 unspecified atom stereocenters. The van der Waals surface area contributed by atoms with Crippen LogP contribution in [0.1, 0.15) is 0 Å². The molecule has 0 aliphatic rings. The number of non-ortho nitro benzene ring substituents is 1. The molecule has 0 spiro atoms. The van der Waals surface area contributed by atoms with Gasteiger partial charge in [-0.3, -0.25) is 10.1 Å². The number of nitro groups is 1. The van der Waals surface area contributed by atoms with Crippen molar-refractivity contribution in [2.24, 2.45) is 0 Å². The van der Waals surface area contributed by atoms with E-state index in [1.807, 2.05) is 4.68 Å². The molecule has 2 aromatic rings. The minimum atomic E-state index is -0.394. The summed E-state index contributed by atoms with van der Waals surface area (Å²) in [6.45, 7) is 0. The predicted molar refractivity (Wildman–Crippen MR) is 73.0 cm³/mol. The molecule has 96 valence electrons. The van der Waals surface area contributed by atoms with Crippen molar-refractivity contribution in [1.82, 2.24) is 4.68 Å². The number of anilines is 2. The van der Waals surface area contributed by atoms with Crippen molar-refractivity contribution >= 4 is 28.1 Å². The molecule has 0 aliphatic carbocycles. The number of aromatic nitrogens is 1. The molecule has 0 saturated carbocycles. The number of fused-ring (bicyclic) bond motifs is 1. The maximum Gasteiger partial charge on any atom is 0.270 e. The summed E-state index contributed by atoms with van der Waals surface area (Å²) in [5.74, 6) is 0.829. The van der Waals surface area contributed by atoms with E-state index in [2.05, 4.69) is 16.1 Å². The van der Waals surface area contributed by atoms with Crippen LogP contribution in [0.25, 0.3) is 10.9 Å². The molecule has 0 radical (unpaired) electrons. The largest absolute Gasteiger partial charge is 0.385 e. The first-order valence-electron chi connectivity index (χ1n) is 5.50. The molecule has 0 atom stereocenters. The Balaban J connectivity index is 2.81. The molecule has 7 nitrogen and oxygen atoms in total. The van der Waals surface area contributed by atoms with E-state index in [4.69, 9.17) is 0 Å². The SMILES string of the molecule is CNc1c(NC)n(NC)c2ccc([N+](=O)[O-])cc12. The highest BCUT2D eigenvalue weighted by atomic mass is 16.6. The minimum absolute atomic E-state index is 0.0786. The fraction of sp³-hybridized carbons (Fsp3) is 0.273. The van der Waals surface area contributed by atoms with E-state index < -0.39 is 4.92 Å². The molecule has 0 amide bonds. The van der Waals surface area contributed by atoms with E-state index >= 15 is 0 Å². The second-order valence-corrected chi connectivity index (χ2v) is 3.74. The lowest BCUT2D eigenvalue weighted by atomic mass is 10.2. The van der Waals surface area contributed by atoms with Gasteiger partial charge in [0, 0.05) is 38.7 Å². The van der Waals surface area contributed by atoms with Crippen LogP contribution in [0, 0.1) is 10.1 Å². The first-order valence-corrected chi connectivity index (χ1v) is 5.50. The van der Waals surface area contributed by atoms with Gasteiger partial charge >= 0.3 is 0 Å². The van der Waals surface area contributed by atoms with Gasteiger partial charge in [-0.2, -0.15) is 0 Å². The highest BCUT2D eigenvalue weighted by molar-refractivity contribution is 6.01. The van der Waals surface area contributed by atoms with Crippen molar-refractivity contribution in [3.05, 3.63) is 28.3 Å². The summed E-state index contributed by atoms with van der Waals surface area (Å²) in [6.07, 6.45) is 0. The van der Waals surface area contributed by atoms with Crippen LogP contribution in [-0.2, 0) is 0 Å². The number of nitrogens with one attached hydrogen (secondary N) is 3. The summed E-state index contributed by atoms with van der Waals surface area (Å²) in [7, 11) is 5.38. The molecule has 1 aromatic carbocycles. The van der Waals surface area contributed by atoms with Crippen molar-refractivity contribution in [3.8, 4) is 0 Å². The highest BCUT2D eigenvalue weighted by Crippen LogP contribution is 2.35. The number of hydrogen-bond donors (Lipinski definition) is 3. The normalized spacial score (nSPS) is 10.4. The average molecular weight is 249 g/mol. The Morgan fingerprint density at radius 2 is 1.94 bits per heavy atom. The van der Waals surface area contributed by atoms with Crippen molar-refractivity contribution in [3.63, 3.8) is 0 Å². The minimum Gasteiger partial charge on any atom is -0.385 e. The number of nitro benzene ring substituents is 1. The van der Waals surface area contributed by atoms with Gasteiger partial charge in [0.2, 0.25) is 0 Å². The molecule has 2 rings (SSSR count). The van der Waals surface area contributed by atoms with Crippen molar-refractivity contribution in [1.29, 1.82) is 0 Å². The van der Waals surface area contributed by atoms with Gasteiger partial charge in [0.05, 0.1) is 16.1 Å². The van der Waals surface area contributed by atoms with Crippen molar-refractivity contribution in [2.75, 3.05) is 37.2 Å². The van der Waals surface area contributed by atoms with Crippen molar-refractivity contribution in [2.45, 2.75) is 0 Å². The van der Waals surface area contributed by atoms with E-state index in [-0.39, 0.29) is 5.69 Å². The quantitative estimate of drug-likeness (QED) is 0.568. The fourth-order valence-electron chi connectivity index (χ4n) is 2.11. The smallest absolute Gasteiger partial charge is 0.270 e. The summed E-state index contributed by atoms with van der Waals surface area (Å²) in [6, 6.07) is 4.79. The maximum atomic E-state index is 10.8. The lowest BCUT2D eigenvalue weighted by Gasteiger charge is -2.09. The molecule has 0 aliphatic heterocycles. The summed E-state index contributed by atoms with van der Waals surface area (Å²) >= 11 is 0. The van der Waals surface area contributed by atoms with Crippen LogP contribution < -0.4 is 16.1 Å². The Kier molecular flexibility index (Phi) is 2.97. The van der Waals surface area contributed by atoms with E-state index in [0.29, 0.717) is 0 Å². The van der Waals surface area contributed by atoms with Crippen LogP contribution in [0.2, 0.25) is 0 Å². The predicted octanol–water partition coefficient (Wildman–Crippen LogP) is 1.81. The Morgan fingerprint density at radius 1 is 1.22 bits per heavy atom. The monoisotopic (exact) mass is 249 g/mol. The van der Waals surface area contributed by atoms with Crippen LogP contribution in [0.4, 0.5) is 17.2 Å². The molecule has 0 saturated heterocycles. The Morgan fingerprint density at radius 3 is 2.44 bits per heavy atom. The van der Waals surface area contributed by atoms with Gasteiger partial charge in [-0.25, -0.2) is 4.68 Å². The van der Waals surface area contributed by atoms with Gasteiger partial charge in [0.1, 0.15) is 5.82 Å². The molecule has 3 N–H and O–H groups in total. The molecule has 1 aromatic heterocycles. The van der Waals surface area contributed by atoms with Gasteiger partial charge < -0.3 is 16.1 Å². The third kappa shape index (κ3) is 1.60. The Hall–Kier alpha value is -2.44. The average Bonchev–Trinajstić information content (AvgIpc) is 2.69. The number of nitrogens with zero attached hydrogens (tertiary/aromatic N) is 2. The van der Waals surface area contributed by atoms with Crippen molar-refractivity contribution < 1.29 is 4.92 Å². The lowest BCUT2D eigenvalue weighted by Crippen LogP contribution is -2.12. The van der Waals surface area contributed by atoms with Crippen LogP contribution in [0.15, 0.2) is 18.2 Å². The van der Waals surface area contributed by atoms with Crippen LogP contribution in [0.5, 0.6) is 0 Å². The molecule has 0 fully saturated rings. The Labute approximate surface area is 104 Å². The van der Waals surface area contributed by atoms with Gasteiger partial charge in [0.25, 0.3) is 5.69 Å². The van der Waals surface area contributed by atoms with Crippen LogP contribution in [0.3, 0.4) is 0 Å². The van der Waals surface area contributed by atoms with Gasteiger partial charge in [-0.05, 0) is 6.07 Å². The molecule has 18 heavy (non-hydrogen) atoms. The Bertz CT molecular complexity index is 605. The molecule has 0 bridgehead atoms. The first-order chi connectivity index (χ1) is 8.63. The van der Waals surface area contributed by atoms with E-state index in [1.54, 1.807) is 33.3 Å². The zero-order valence-electron chi connectivity index (χ0n) is 10.4. The van der Waals surface area contributed by atoms with E-state index in [0.717, 1.165) is 22.4 Å². The molecule has 1 heterocycles. The van der Waals surface area contributed by atoms with Crippen LogP contribution >= 0.6 is 0 Å². The molecule has 7 heteroatoms. The summed E-state index contributed by atoms with van der Waals surface area (Å²) in [4.78, 5) is 10.4. The highest BCUT2D eigenvalue weighted by Gasteiger charge is 2.17. The summed E-state index contributed by atoms with van der Waals surface area (Å²) in [5.41, 5.74) is 4.81. The third-order valence-electron chi connectivity index (χ3n) is 2.87. The van der Waals surface area contributed by atoms with Gasteiger partial charge in [0.15, 0.2) is 0 Å². The third-order valence-corrected chi connectivity index (χ3v) is 2.87. The second kappa shape index (κ2) is 4.44. The first kappa shape index (κ1) is 12.0. The topological polar surface area (TPSA) is 84.2 Å². The number of hydrogen-bond acceptors (Lipinski definition) is 5. The number of benzene rings is 1. The van der Waals surface area contributed by atoms with Gasteiger partial charge in [-0.15, -0.1) is 0 Å². The van der Waals surface area contributed by atoms with E-state index in [9.17, 15) is 10.1 Å². The summed E-state index contributed by atoms with van der Waals surface area (Å²) < 4.78 is 1.84. The van der Waals surface area contributed by atoms with Gasteiger partial charge in [-0.1, -0.05) is 0 Å². The lowest BCUT2D eigenvalue weighted by molar-refractivity contribution is -0.384. The van der Waals surface area contributed by atoms with E-state index in [1.165, 1.54) is 6.07 Å². The zero-order chi connectivity index (χ0) is 13.3. The maximum absolute atomic E-state index is 10.8. The molecular formula is C11H15N5O2. The molecular weight excluding hydrogens is 234 g/mol. The summed E-state index contributed by atoms with van der Waals surface area (Å²) in [5, 5.41) is 17.8. The zero-order valence-corrected chi connectivity index (χ0v) is 10.4. The second-order valence-electron chi connectivity index (χ2n) is 3.74. The fourth-order valence-corrected chi connectivity index (χ4v) is 2.11.